The standard InChI is InChI=1S/C12H14N2O3S2/c1-3-17-12(16)7(2)10-14-9(6-19-10)11-13-8(4-15)5-18-11/h5-7,15H,3-4H2,1-2H3. The Morgan fingerprint density at radius 1 is 1.42 bits per heavy atom. The molecule has 0 aliphatic carbocycles. The van der Waals surface area contributed by atoms with Crippen molar-refractivity contribution in [3.63, 3.8) is 0 Å². The number of hydrogen-bond acceptors (Lipinski definition) is 7. The van der Waals surface area contributed by atoms with Crippen LogP contribution in [0.3, 0.4) is 0 Å². The summed E-state index contributed by atoms with van der Waals surface area (Å²) >= 11 is 2.84. The molecule has 0 spiro atoms. The number of nitrogens with zero attached hydrogens (tertiary/aromatic N) is 2. The summed E-state index contributed by atoms with van der Waals surface area (Å²) in [7, 11) is 0. The van der Waals surface area contributed by atoms with Crippen LogP contribution in [0, 0.1) is 0 Å². The lowest BCUT2D eigenvalue weighted by Gasteiger charge is -2.06. The molecule has 102 valence electrons. The Labute approximate surface area is 118 Å². The first-order chi connectivity index (χ1) is 9.15. The van der Waals surface area contributed by atoms with Gasteiger partial charge in [0.15, 0.2) is 0 Å². The average molecular weight is 298 g/mol. The number of ether oxygens (including phenoxy) is 1. The molecule has 0 fully saturated rings. The minimum Gasteiger partial charge on any atom is -0.465 e. The van der Waals surface area contributed by atoms with Crippen LogP contribution < -0.4 is 0 Å². The summed E-state index contributed by atoms with van der Waals surface area (Å²) in [6, 6.07) is 0. The molecule has 5 nitrogen and oxygen atoms in total. The molecule has 0 amide bonds. The van der Waals surface area contributed by atoms with Crippen molar-refractivity contribution in [1.82, 2.24) is 9.97 Å². The van der Waals surface area contributed by atoms with Gasteiger partial charge in [0.1, 0.15) is 21.6 Å². The van der Waals surface area contributed by atoms with Crippen LogP contribution >= 0.6 is 22.7 Å². The van der Waals surface area contributed by atoms with E-state index in [0.29, 0.717) is 17.3 Å². The van der Waals surface area contributed by atoms with Gasteiger partial charge in [0.25, 0.3) is 0 Å². The molecule has 1 unspecified atom stereocenters. The summed E-state index contributed by atoms with van der Waals surface area (Å²) in [5.74, 6) is -0.630. The van der Waals surface area contributed by atoms with Gasteiger partial charge < -0.3 is 9.84 Å². The maximum absolute atomic E-state index is 11.6. The fourth-order valence-corrected chi connectivity index (χ4v) is 3.14. The molecule has 2 rings (SSSR count). The van der Waals surface area contributed by atoms with Crippen LogP contribution in [0.2, 0.25) is 0 Å². The molecule has 7 heteroatoms. The first-order valence-electron chi connectivity index (χ1n) is 5.83. The second kappa shape index (κ2) is 6.23. The Balaban J connectivity index is 2.16. The zero-order valence-corrected chi connectivity index (χ0v) is 12.3. The minimum atomic E-state index is -0.365. The zero-order chi connectivity index (χ0) is 13.8. The lowest BCUT2D eigenvalue weighted by atomic mass is 10.2. The molecule has 1 N–H and O–H groups in total. The van der Waals surface area contributed by atoms with Crippen LogP contribution in [0.1, 0.15) is 30.5 Å². The lowest BCUT2D eigenvalue weighted by molar-refractivity contribution is -0.144. The van der Waals surface area contributed by atoms with Crippen molar-refractivity contribution in [2.45, 2.75) is 26.4 Å². The molecular weight excluding hydrogens is 284 g/mol. The molecule has 0 radical (unpaired) electrons. The molecule has 2 aromatic heterocycles. The van der Waals surface area contributed by atoms with Gasteiger partial charge in [0.2, 0.25) is 0 Å². The molecule has 0 saturated heterocycles. The molecule has 1 atom stereocenters. The highest BCUT2D eigenvalue weighted by atomic mass is 32.1. The van der Waals surface area contributed by atoms with E-state index in [1.165, 1.54) is 22.7 Å². The summed E-state index contributed by atoms with van der Waals surface area (Å²) in [5, 5.41) is 14.1. The van der Waals surface area contributed by atoms with Crippen molar-refractivity contribution in [3.05, 3.63) is 21.5 Å². The first kappa shape index (κ1) is 14.1. The Morgan fingerprint density at radius 2 is 2.21 bits per heavy atom. The van der Waals surface area contributed by atoms with Crippen LogP contribution in [0.15, 0.2) is 10.8 Å². The fourth-order valence-electron chi connectivity index (χ4n) is 1.45. The minimum absolute atomic E-state index is 0.0767. The van der Waals surface area contributed by atoms with Crippen LogP contribution in [0.4, 0.5) is 0 Å². The van der Waals surface area contributed by atoms with Gasteiger partial charge in [-0.2, -0.15) is 0 Å². The highest BCUT2D eigenvalue weighted by Crippen LogP contribution is 2.29. The molecule has 0 aromatic carbocycles. The molecule has 0 aliphatic heterocycles. The predicted octanol–water partition coefficient (Wildman–Crippen LogP) is 2.43. The number of hydrogen-bond donors (Lipinski definition) is 1. The monoisotopic (exact) mass is 298 g/mol. The van der Waals surface area contributed by atoms with Crippen LogP contribution in [-0.2, 0) is 16.1 Å². The third kappa shape index (κ3) is 3.17. The van der Waals surface area contributed by atoms with Crippen molar-refractivity contribution in [3.8, 4) is 10.7 Å². The van der Waals surface area contributed by atoms with Gasteiger partial charge in [0, 0.05) is 10.8 Å². The first-order valence-corrected chi connectivity index (χ1v) is 7.59. The number of carbonyl (C=O) groups is 1. The van der Waals surface area contributed by atoms with Gasteiger partial charge in [-0.25, -0.2) is 9.97 Å². The number of rotatable bonds is 5. The number of aromatic nitrogens is 2. The Bertz CT molecular complexity index is 565. The predicted molar refractivity (Wildman–Crippen MR) is 74.2 cm³/mol. The Morgan fingerprint density at radius 3 is 2.84 bits per heavy atom. The van der Waals surface area contributed by atoms with Crippen LogP contribution in [-0.4, -0.2) is 27.7 Å². The van der Waals surface area contributed by atoms with Gasteiger partial charge in [-0.3, -0.25) is 4.79 Å². The van der Waals surface area contributed by atoms with E-state index < -0.39 is 0 Å². The van der Waals surface area contributed by atoms with E-state index in [0.717, 1.165) is 10.7 Å². The maximum Gasteiger partial charge on any atom is 0.315 e. The zero-order valence-electron chi connectivity index (χ0n) is 10.6. The second-order valence-electron chi connectivity index (χ2n) is 3.85. The molecular formula is C12H14N2O3S2. The number of aliphatic hydroxyl groups is 1. The van der Waals surface area contributed by atoms with E-state index in [4.69, 9.17) is 9.84 Å². The van der Waals surface area contributed by atoms with Gasteiger partial charge >= 0.3 is 5.97 Å². The normalized spacial score (nSPS) is 12.4. The molecule has 0 bridgehead atoms. The summed E-state index contributed by atoms with van der Waals surface area (Å²) in [4.78, 5) is 20.3. The lowest BCUT2D eigenvalue weighted by Crippen LogP contribution is -2.12. The summed E-state index contributed by atoms with van der Waals surface area (Å²) in [5.41, 5.74) is 1.37. The average Bonchev–Trinajstić information content (AvgIpc) is 3.06. The Hall–Kier alpha value is -1.31. The molecule has 0 aliphatic rings. The van der Waals surface area contributed by atoms with Crippen molar-refractivity contribution in [2.75, 3.05) is 6.61 Å². The second-order valence-corrected chi connectivity index (χ2v) is 5.59. The third-order valence-corrected chi connectivity index (χ3v) is 4.41. The van der Waals surface area contributed by atoms with E-state index >= 15 is 0 Å². The quantitative estimate of drug-likeness (QED) is 0.858. The van der Waals surface area contributed by atoms with Crippen molar-refractivity contribution < 1.29 is 14.6 Å². The van der Waals surface area contributed by atoms with Gasteiger partial charge in [-0.05, 0) is 13.8 Å². The number of carbonyl (C=O) groups excluding carboxylic acids is 1. The topological polar surface area (TPSA) is 72.3 Å². The van der Waals surface area contributed by atoms with E-state index in [9.17, 15) is 4.79 Å². The third-order valence-electron chi connectivity index (χ3n) is 2.47. The van der Waals surface area contributed by atoms with Gasteiger partial charge in [-0.1, -0.05) is 0 Å². The van der Waals surface area contributed by atoms with Crippen molar-refractivity contribution in [2.24, 2.45) is 0 Å². The number of esters is 1. The largest absolute Gasteiger partial charge is 0.465 e. The summed E-state index contributed by atoms with van der Waals surface area (Å²) < 4.78 is 4.98. The summed E-state index contributed by atoms with van der Waals surface area (Å²) in [6.07, 6.45) is 0. The highest BCUT2D eigenvalue weighted by molar-refractivity contribution is 7.14. The van der Waals surface area contributed by atoms with E-state index in [1.54, 1.807) is 19.2 Å². The molecule has 2 heterocycles. The molecule has 0 saturated carbocycles. The van der Waals surface area contributed by atoms with Gasteiger partial charge in [-0.15, -0.1) is 22.7 Å². The van der Waals surface area contributed by atoms with E-state index in [2.05, 4.69) is 9.97 Å². The summed E-state index contributed by atoms with van der Waals surface area (Å²) in [6.45, 7) is 3.85. The Kier molecular flexibility index (Phi) is 4.62. The SMILES string of the molecule is CCOC(=O)C(C)c1nc(-c2nc(CO)cs2)cs1. The fraction of sp³-hybridized carbons (Fsp3) is 0.417. The highest BCUT2D eigenvalue weighted by Gasteiger charge is 2.20. The van der Waals surface area contributed by atoms with Gasteiger partial charge in [0.05, 0.1) is 18.9 Å². The van der Waals surface area contributed by atoms with Crippen LogP contribution in [0.5, 0.6) is 0 Å². The van der Waals surface area contributed by atoms with E-state index in [-0.39, 0.29) is 18.5 Å². The number of thiazole rings is 2. The smallest absolute Gasteiger partial charge is 0.315 e. The molecule has 2 aromatic rings. The maximum atomic E-state index is 11.6. The van der Waals surface area contributed by atoms with Crippen molar-refractivity contribution in [1.29, 1.82) is 0 Å². The van der Waals surface area contributed by atoms with E-state index in [1.807, 2.05) is 5.38 Å². The van der Waals surface area contributed by atoms with Crippen molar-refractivity contribution >= 4 is 28.6 Å². The van der Waals surface area contributed by atoms with Crippen LogP contribution in [0.25, 0.3) is 10.7 Å². The molecule has 19 heavy (non-hydrogen) atoms. The number of aliphatic hydroxyl groups excluding tert-OH is 1.